The quantitative estimate of drug-likeness (QED) is 0.340. The van der Waals surface area contributed by atoms with Crippen molar-refractivity contribution in [3.63, 3.8) is 0 Å². The maximum atomic E-state index is 11.8. The fourth-order valence-electron chi connectivity index (χ4n) is 2.29. The van der Waals surface area contributed by atoms with E-state index in [1.54, 1.807) is 6.07 Å². The highest BCUT2D eigenvalue weighted by atomic mass is 16.5. The molecule has 6 nitrogen and oxygen atoms in total. The van der Waals surface area contributed by atoms with Gasteiger partial charge >= 0.3 is 5.97 Å². The van der Waals surface area contributed by atoms with E-state index in [-0.39, 0.29) is 5.75 Å². The number of ether oxygens (including phenoxy) is 2. The summed E-state index contributed by atoms with van der Waals surface area (Å²) >= 11 is 0. The van der Waals surface area contributed by atoms with Crippen LogP contribution in [0.5, 0.6) is 11.5 Å². The van der Waals surface area contributed by atoms with Gasteiger partial charge in [0.2, 0.25) is 5.43 Å². The summed E-state index contributed by atoms with van der Waals surface area (Å²) in [5, 5.41) is 8.25. The lowest BCUT2D eigenvalue weighted by atomic mass is 10.2. The first-order chi connectivity index (χ1) is 13.1. The van der Waals surface area contributed by atoms with E-state index in [0.717, 1.165) is 12.2 Å². The van der Waals surface area contributed by atoms with Gasteiger partial charge in [-0.05, 0) is 55.0 Å². The Bertz CT molecular complexity index is 832. The molecule has 0 bridgehead atoms. The molecule has 2 aromatic carbocycles. The highest BCUT2D eigenvalue weighted by Crippen LogP contribution is 2.21. The van der Waals surface area contributed by atoms with E-state index in [1.807, 2.05) is 24.3 Å². The van der Waals surface area contributed by atoms with Gasteiger partial charge in [0.1, 0.15) is 5.75 Å². The zero-order valence-corrected chi connectivity index (χ0v) is 15.7. The molecular formula is C21H24N2O4. The van der Waals surface area contributed by atoms with Crippen LogP contribution in [0.1, 0.15) is 39.5 Å². The van der Waals surface area contributed by atoms with Crippen LogP contribution in [0.2, 0.25) is 0 Å². The first-order valence-electron chi connectivity index (χ1n) is 9.06. The summed E-state index contributed by atoms with van der Waals surface area (Å²) in [5.41, 5.74) is 0.747. The van der Waals surface area contributed by atoms with Gasteiger partial charge in [-0.15, -0.1) is 0 Å². The predicted octanol–water partition coefficient (Wildman–Crippen LogP) is 5.35. The van der Waals surface area contributed by atoms with Gasteiger partial charge in [0.15, 0.2) is 5.75 Å². The molecule has 0 radical (unpaired) electrons. The van der Waals surface area contributed by atoms with E-state index in [0.29, 0.717) is 18.0 Å². The number of carbonyl (C=O) groups excluding carboxylic acids is 1. The average molecular weight is 368 g/mol. The lowest BCUT2D eigenvalue weighted by molar-refractivity contribution is -0.131. The van der Waals surface area contributed by atoms with Crippen LogP contribution < -0.4 is 14.9 Å². The zero-order valence-electron chi connectivity index (χ0n) is 15.7. The first kappa shape index (κ1) is 20.3. The predicted molar refractivity (Wildman–Crippen MR) is 104 cm³/mol. The second-order valence-electron chi connectivity index (χ2n) is 6.02. The zero-order chi connectivity index (χ0) is 19.5. The fraction of sp³-hybridized carbons (Fsp3) is 0.333. The Morgan fingerprint density at radius 2 is 1.52 bits per heavy atom. The molecule has 27 heavy (non-hydrogen) atoms. The molecule has 0 saturated carbocycles. The van der Waals surface area contributed by atoms with Gasteiger partial charge in [-0.3, -0.25) is 9.59 Å². The minimum atomic E-state index is -0.547. The minimum Gasteiger partial charge on any atom is -0.494 e. The molecule has 6 heteroatoms. The highest BCUT2D eigenvalue weighted by molar-refractivity contribution is 5.69. The standard InChI is InChI=1S/C21H24N2O4/c1-3-4-5-6-15-26-19-11-7-17(8-12-19)22-23-18-9-13-20(25)21(14-10-18)27-16(2)24/h7-14H,3-6,15H2,1-2H3. The monoisotopic (exact) mass is 368 g/mol. The van der Waals surface area contributed by atoms with Crippen LogP contribution in [-0.4, -0.2) is 12.6 Å². The van der Waals surface area contributed by atoms with Gasteiger partial charge in [0.25, 0.3) is 0 Å². The van der Waals surface area contributed by atoms with Crippen molar-refractivity contribution in [3.05, 3.63) is 58.8 Å². The van der Waals surface area contributed by atoms with Crippen molar-refractivity contribution in [3.8, 4) is 11.5 Å². The second kappa shape index (κ2) is 10.9. The molecule has 0 spiro atoms. The van der Waals surface area contributed by atoms with Crippen molar-refractivity contribution in [2.75, 3.05) is 6.61 Å². The topological polar surface area (TPSA) is 77.3 Å². The largest absolute Gasteiger partial charge is 0.494 e. The van der Waals surface area contributed by atoms with E-state index < -0.39 is 11.4 Å². The Hall–Kier alpha value is -3.02. The Morgan fingerprint density at radius 3 is 2.15 bits per heavy atom. The first-order valence-corrected chi connectivity index (χ1v) is 9.06. The number of benzene rings is 1. The molecule has 0 unspecified atom stereocenters. The molecule has 0 saturated heterocycles. The third-order valence-electron chi connectivity index (χ3n) is 3.69. The average Bonchev–Trinajstić information content (AvgIpc) is 2.82. The van der Waals surface area contributed by atoms with Gasteiger partial charge in [-0.2, -0.15) is 10.2 Å². The maximum Gasteiger partial charge on any atom is 0.308 e. The summed E-state index contributed by atoms with van der Waals surface area (Å²) in [6.45, 7) is 4.14. The third-order valence-corrected chi connectivity index (χ3v) is 3.69. The van der Waals surface area contributed by atoms with E-state index >= 15 is 0 Å². The van der Waals surface area contributed by atoms with Crippen LogP contribution in [0.15, 0.2) is 63.6 Å². The van der Waals surface area contributed by atoms with Crippen molar-refractivity contribution in [1.82, 2.24) is 0 Å². The van der Waals surface area contributed by atoms with E-state index in [1.165, 1.54) is 44.4 Å². The van der Waals surface area contributed by atoms with E-state index in [4.69, 9.17) is 9.47 Å². The number of hydrogen-bond donors (Lipinski definition) is 0. The molecule has 0 aliphatic carbocycles. The van der Waals surface area contributed by atoms with Gasteiger partial charge in [0, 0.05) is 6.92 Å². The third kappa shape index (κ3) is 7.40. The lowest BCUT2D eigenvalue weighted by Crippen LogP contribution is -2.08. The van der Waals surface area contributed by atoms with Crippen LogP contribution in [0, 0.1) is 0 Å². The molecule has 2 aromatic rings. The number of carbonyl (C=O) groups is 1. The van der Waals surface area contributed by atoms with Gasteiger partial charge < -0.3 is 9.47 Å². The second-order valence-corrected chi connectivity index (χ2v) is 6.02. The highest BCUT2D eigenvalue weighted by Gasteiger charge is 2.02. The van der Waals surface area contributed by atoms with Crippen molar-refractivity contribution in [2.45, 2.75) is 39.5 Å². The lowest BCUT2D eigenvalue weighted by Gasteiger charge is -2.05. The summed E-state index contributed by atoms with van der Waals surface area (Å²) in [6, 6.07) is 13.1. The molecule has 0 heterocycles. The van der Waals surface area contributed by atoms with Gasteiger partial charge in [0.05, 0.1) is 18.0 Å². The van der Waals surface area contributed by atoms with E-state index in [9.17, 15) is 9.59 Å². The minimum absolute atomic E-state index is 0.0376. The molecule has 0 atom stereocenters. The Labute approximate surface area is 158 Å². The summed E-state index contributed by atoms with van der Waals surface area (Å²) < 4.78 is 10.5. The summed E-state index contributed by atoms with van der Waals surface area (Å²) in [7, 11) is 0. The molecule has 0 aliphatic rings. The number of hydrogen-bond acceptors (Lipinski definition) is 6. The van der Waals surface area contributed by atoms with Crippen molar-refractivity contribution in [1.29, 1.82) is 0 Å². The number of rotatable bonds is 9. The van der Waals surface area contributed by atoms with Crippen LogP contribution in [0.4, 0.5) is 11.4 Å². The van der Waals surface area contributed by atoms with Crippen LogP contribution in [0.3, 0.4) is 0 Å². The number of unbranched alkanes of at least 4 members (excludes halogenated alkanes) is 3. The van der Waals surface area contributed by atoms with Crippen molar-refractivity contribution >= 4 is 17.3 Å². The number of esters is 1. The van der Waals surface area contributed by atoms with Crippen LogP contribution >= 0.6 is 0 Å². The molecular weight excluding hydrogens is 344 g/mol. The smallest absolute Gasteiger partial charge is 0.308 e. The molecule has 0 N–H and O–H groups in total. The molecule has 142 valence electrons. The van der Waals surface area contributed by atoms with Gasteiger partial charge in [-0.1, -0.05) is 26.2 Å². The molecule has 0 amide bonds. The summed E-state index contributed by atoms with van der Waals surface area (Å²) in [6.07, 6.45) is 4.68. The Kier molecular flexibility index (Phi) is 8.16. The van der Waals surface area contributed by atoms with Gasteiger partial charge in [-0.25, -0.2) is 0 Å². The summed E-state index contributed by atoms with van der Waals surface area (Å²) in [4.78, 5) is 22.8. The summed E-state index contributed by atoms with van der Waals surface area (Å²) in [5.74, 6) is 0.220. The van der Waals surface area contributed by atoms with Crippen LogP contribution in [0.25, 0.3) is 0 Å². The van der Waals surface area contributed by atoms with Crippen LogP contribution in [-0.2, 0) is 4.79 Å². The molecule has 0 fully saturated rings. The maximum absolute atomic E-state index is 11.8. The SMILES string of the molecule is CCCCCCOc1ccc(N=Nc2ccc(OC(C)=O)c(=O)cc2)cc1. The number of nitrogens with zero attached hydrogens (tertiary/aromatic N) is 2. The number of azo groups is 1. The molecule has 2 rings (SSSR count). The molecule has 0 aliphatic heterocycles. The molecule has 0 aromatic heterocycles. The van der Waals surface area contributed by atoms with Crippen molar-refractivity contribution < 1.29 is 14.3 Å². The van der Waals surface area contributed by atoms with Crippen molar-refractivity contribution in [2.24, 2.45) is 10.2 Å². The Balaban J connectivity index is 1.96. The van der Waals surface area contributed by atoms with E-state index in [2.05, 4.69) is 17.2 Å². The normalized spacial score (nSPS) is 10.7. The fourth-order valence-corrected chi connectivity index (χ4v) is 2.29. The Morgan fingerprint density at radius 1 is 0.889 bits per heavy atom.